The van der Waals surface area contributed by atoms with E-state index < -0.39 is 0 Å². The van der Waals surface area contributed by atoms with E-state index in [0.29, 0.717) is 22.9 Å². The maximum absolute atomic E-state index is 12.6. The van der Waals surface area contributed by atoms with E-state index in [1.54, 1.807) is 14.0 Å². The van der Waals surface area contributed by atoms with Crippen LogP contribution < -0.4 is 10.1 Å². The first-order valence-corrected chi connectivity index (χ1v) is 9.76. The fourth-order valence-electron chi connectivity index (χ4n) is 3.69. The molecule has 2 aromatic carbocycles. The van der Waals surface area contributed by atoms with E-state index in [1.807, 2.05) is 54.3 Å². The lowest BCUT2D eigenvalue weighted by atomic mass is 9.90. The molecule has 0 radical (unpaired) electrons. The summed E-state index contributed by atoms with van der Waals surface area (Å²) in [5, 5.41) is 2.93. The first kappa shape index (κ1) is 19.9. The number of anilines is 1. The summed E-state index contributed by atoms with van der Waals surface area (Å²) in [7, 11) is 1.59. The number of aryl methyl sites for hydroxylation is 1. The van der Waals surface area contributed by atoms with E-state index in [2.05, 4.69) is 5.32 Å². The second-order valence-corrected chi connectivity index (χ2v) is 7.51. The average Bonchev–Trinajstić information content (AvgIpc) is 2.69. The molecule has 0 spiro atoms. The first-order chi connectivity index (χ1) is 13.5. The number of amides is 2. The molecule has 1 fully saturated rings. The lowest BCUT2D eigenvalue weighted by molar-refractivity contribution is -0.130. The number of nitrogens with zero attached hydrogens (tertiary/aromatic N) is 1. The molecule has 1 N–H and O–H groups in total. The van der Waals surface area contributed by atoms with Crippen molar-refractivity contribution in [3.63, 3.8) is 0 Å². The van der Waals surface area contributed by atoms with Crippen LogP contribution in [0.3, 0.4) is 0 Å². The van der Waals surface area contributed by atoms with Crippen molar-refractivity contribution >= 4 is 17.5 Å². The zero-order valence-corrected chi connectivity index (χ0v) is 16.8. The van der Waals surface area contributed by atoms with Gasteiger partial charge in [-0.05, 0) is 67.5 Å². The number of benzene rings is 2. The third-order valence-corrected chi connectivity index (χ3v) is 5.40. The molecule has 0 bridgehead atoms. The Morgan fingerprint density at radius 3 is 2.39 bits per heavy atom. The topological polar surface area (TPSA) is 58.6 Å². The summed E-state index contributed by atoms with van der Waals surface area (Å²) < 4.78 is 5.32. The zero-order valence-electron chi connectivity index (χ0n) is 16.8. The van der Waals surface area contributed by atoms with Gasteiger partial charge in [0.2, 0.25) is 5.91 Å². The molecule has 3 rings (SSSR count). The van der Waals surface area contributed by atoms with Gasteiger partial charge in [0.25, 0.3) is 5.91 Å². The Hall–Kier alpha value is -2.82. The van der Waals surface area contributed by atoms with Crippen molar-refractivity contribution in [3.8, 4) is 5.75 Å². The normalized spacial score (nSPS) is 14.6. The molecule has 2 aromatic rings. The number of hydrogen-bond acceptors (Lipinski definition) is 3. The quantitative estimate of drug-likeness (QED) is 0.851. The van der Waals surface area contributed by atoms with Gasteiger partial charge in [0.05, 0.1) is 12.8 Å². The van der Waals surface area contributed by atoms with Crippen molar-refractivity contribution in [2.24, 2.45) is 5.92 Å². The van der Waals surface area contributed by atoms with Gasteiger partial charge in [-0.2, -0.15) is 0 Å². The van der Waals surface area contributed by atoms with E-state index in [0.717, 1.165) is 37.9 Å². The zero-order chi connectivity index (χ0) is 20.1. The Balaban J connectivity index is 1.59. The molecule has 0 aliphatic carbocycles. The first-order valence-electron chi connectivity index (χ1n) is 9.76. The summed E-state index contributed by atoms with van der Waals surface area (Å²) in [6.07, 6.45) is 3.06. The molecule has 1 heterocycles. The fraction of sp³-hybridized carbons (Fsp3) is 0.391. The van der Waals surface area contributed by atoms with Gasteiger partial charge >= 0.3 is 0 Å². The van der Waals surface area contributed by atoms with Crippen LogP contribution in [-0.4, -0.2) is 36.9 Å². The molecule has 0 unspecified atom stereocenters. The van der Waals surface area contributed by atoms with Gasteiger partial charge < -0.3 is 15.0 Å². The van der Waals surface area contributed by atoms with Crippen LogP contribution in [0.25, 0.3) is 0 Å². The number of carbonyl (C=O) groups is 2. The largest absolute Gasteiger partial charge is 0.495 e. The SMILES string of the molecule is COc1ccc(C)cc1NC(=O)c1ccc(CC2CCN(C(C)=O)CC2)cc1. The van der Waals surface area contributed by atoms with E-state index >= 15 is 0 Å². The molecular formula is C23H28N2O3. The maximum Gasteiger partial charge on any atom is 0.255 e. The van der Waals surface area contributed by atoms with Crippen LogP contribution in [0.1, 0.15) is 41.3 Å². The lowest BCUT2D eigenvalue weighted by Gasteiger charge is -2.31. The van der Waals surface area contributed by atoms with Gasteiger partial charge in [0.15, 0.2) is 0 Å². The third kappa shape index (κ3) is 4.91. The highest BCUT2D eigenvalue weighted by Gasteiger charge is 2.21. The minimum Gasteiger partial charge on any atom is -0.495 e. The summed E-state index contributed by atoms with van der Waals surface area (Å²) in [5.41, 5.74) is 3.58. The molecule has 5 nitrogen and oxygen atoms in total. The molecule has 0 saturated carbocycles. The summed E-state index contributed by atoms with van der Waals surface area (Å²) in [5.74, 6) is 1.25. The fourth-order valence-corrected chi connectivity index (χ4v) is 3.69. The van der Waals surface area contributed by atoms with Crippen LogP contribution in [0.2, 0.25) is 0 Å². The molecule has 1 saturated heterocycles. The van der Waals surface area contributed by atoms with E-state index in [-0.39, 0.29) is 11.8 Å². The highest BCUT2D eigenvalue weighted by molar-refractivity contribution is 6.05. The molecule has 1 aliphatic rings. The Labute approximate surface area is 166 Å². The molecule has 0 atom stereocenters. The van der Waals surface area contributed by atoms with Crippen molar-refractivity contribution < 1.29 is 14.3 Å². The van der Waals surface area contributed by atoms with Crippen molar-refractivity contribution in [3.05, 3.63) is 59.2 Å². The van der Waals surface area contributed by atoms with E-state index in [1.165, 1.54) is 5.56 Å². The van der Waals surface area contributed by atoms with Crippen molar-refractivity contribution in [1.29, 1.82) is 0 Å². The minimum atomic E-state index is -0.148. The standard InChI is InChI=1S/C23H28N2O3/c1-16-4-9-22(28-3)21(14-16)24-23(27)20-7-5-18(6-8-20)15-19-10-12-25(13-11-19)17(2)26/h4-9,14,19H,10-13,15H2,1-3H3,(H,24,27). The maximum atomic E-state index is 12.6. The molecule has 2 amide bonds. The van der Waals surface area contributed by atoms with Gasteiger partial charge in [0.1, 0.15) is 5.75 Å². The van der Waals surface area contributed by atoms with E-state index in [9.17, 15) is 9.59 Å². The highest BCUT2D eigenvalue weighted by Crippen LogP contribution is 2.26. The number of piperidine rings is 1. The second-order valence-electron chi connectivity index (χ2n) is 7.51. The Kier molecular flexibility index (Phi) is 6.34. The van der Waals surface area contributed by atoms with Crippen molar-refractivity contribution in [2.45, 2.75) is 33.1 Å². The van der Waals surface area contributed by atoms with Crippen LogP contribution >= 0.6 is 0 Å². The predicted octanol–water partition coefficient (Wildman–Crippen LogP) is 4.06. The number of likely N-dealkylation sites (tertiary alicyclic amines) is 1. The molecule has 1 aliphatic heterocycles. The molecular weight excluding hydrogens is 352 g/mol. The van der Waals surface area contributed by atoms with Crippen LogP contribution in [0.15, 0.2) is 42.5 Å². The van der Waals surface area contributed by atoms with Gasteiger partial charge in [0, 0.05) is 25.6 Å². The molecule has 28 heavy (non-hydrogen) atoms. The summed E-state index contributed by atoms with van der Waals surface area (Å²) in [6, 6.07) is 13.5. The Bertz CT molecular complexity index is 837. The van der Waals surface area contributed by atoms with Gasteiger partial charge in [-0.1, -0.05) is 18.2 Å². The Morgan fingerprint density at radius 1 is 1.11 bits per heavy atom. The third-order valence-electron chi connectivity index (χ3n) is 5.40. The summed E-state index contributed by atoms with van der Waals surface area (Å²) in [4.78, 5) is 25.9. The van der Waals surface area contributed by atoms with Gasteiger partial charge in [-0.3, -0.25) is 9.59 Å². The van der Waals surface area contributed by atoms with Crippen molar-refractivity contribution in [2.75, 3.05) is 25.5 Å². The lowest BCUT2D eigenvalue weighted by Crippen LogP contribution is -2.37. The van der Waals surface area contributed by atoms with E-state index in [4.69, 9.17) is 4.74 Å². The number of rotatable bonds is 5. The second kappa shape index (κ2) is 8.91. The van der Waals surface area contributed by atoms with Crippen LogP contribution in [-0.2, 0) is 11.2 Å². The monoisotopic (exact) mass is 380 g/mol. The molecule has 5 heteroatoms. The van der Waals surface area contributed by atoms with Gasteiger partial charge in [-0.15, -0.1) is 0 Å². The summed E-state index contributed by atoms with van der Waals surface area (Å²) >= 11 is 0. The van der Waals surface area contributed by atoms with Crippen LogP contribution in [0.5, 0.6) is 5.75 Å². The van der Waals surface area contributed by atoms with Crippen LogP contribution in [0, 0.1) is 12.8 Å². The Morgan fingerprint density at radius 2 is 1.79 bits per heavy atom. The summed E-state index contributed by atoms with van der Waals surface area (Å²) in [6.45, 7) is 5.30. The number of carbonyl (C=O) groups excluding carboxylic acids is 2. The molecule has 0 aromatic heterocycles. The number of ether oxygens (including phenoxy) is 1. The highest BCUT2D eigenvalue weighted by atomic mass is 16.5. The van der Waals surface area contributed by atoms with Gasteiger partial charge in [-0.25, -0.2) is 0 Å². The number of methoxy groups -OCH3 is 1. The number of nitrogens with one attached hydrogen (secondary N) is 1. The minimum absolute atomic E-state index is 0.148. The van der Waals surface area contributed by atoms with Crippen molar-refractivity contribution in [1.82, 2.24) is 4.90 Å². The number of hydrogen-bond donors (Lipinski definition) is 1. The smallest absolute Gasteiger partial charge is 0.255 e. The predicted molar refractivity (Wildman–Crippen MR) is 111 cm³/mol. The average molecular weight is 380 g/mol. The van der Waals surface area contributed by atoms with Crippen LogP contribution in [0.4, 0.5) is 5.69 Å². The molecule has 148 valence electrons.